The minimum atomic E-state index is -4.21. The first-order valence-electron chi connectivity index (χ1n) is 7.17. The molecule has 3 rings (SSSR count). The first-order valence-corrected chi connectivity index (χ1v) is 8.61. The van der Waals surface area contributed by atoms with Gasteiger partial charge >= 0.3 is 5.97 Å². The Morgan fingerprint density at radius 3 is 2.52 bits per heavy atom. The average Bonchev–Trinajstić information content (AvgIpc) is 3.01. The zero-order chi connectivity index (χ0) is 18.2. The van der Waals surface area contributed by atoms with Crippen LogP contribution in [0.15, 0.2) is 53.6 Å². The Balaban J connectivity index is 2.33. The van der Waals surface area contributed by atoms with Crippen molar-refractivity contribution in [2.75, 3.05) is 14.2 Å². The highest BCUT2D eigenvalue weighted by molar-refractivity contribution is 7.90. The Morgan fingerprint density at radius 2 is 1.84 bits per heavy atom. The molecule has 2 aromatic carbocycles. The van der Waals surface area contributed by atoms with Crippen LogP contribution in [0.2, 0.25) is 0 Å². The third kappa shape index (κ3) is 2.74. The van der Waals surface area contributed by atoms with Crippen LogP contribution >= 0.6 is 0 Å². The number of rotatable bonds is 4. The lowest BCUT2D eigenvalue weighted by atomic mass is 10.2. The summed E-state index contributed by atoms with van der Waals surface area (Å²) in [6.07, 6.45) is 1.16. The first kappa shape index (κ1) is 17.0. The quantitative estimate of drug-likeness (QED) is 0.667. The van der Waals surface area contributed by atoms with Crippen LogP contribution in [0.25, 0.3) is 10.9 Å². The van der Waals surface area contributed by atoms with Gasteiger partial charge < -0.3 is 9.47 Å². The van der Waals surface area contributed by atoms with E-state index >= 15 is 0 Å². The van der Waals surface area contributed by atoms with Crippen molar-refractivity contribution in [1.29, 1.82) is 0 Å². The third-order valence-electron chi connectivity index (χ3n) is 3.75. The van der Waals surface area contributed by atoms with E-state index in [4.69, 9.17) is 9.47 Å². The Hall–Kier alpha value is -2.87. The second kappa shape index (κ2) is 6.21. The molecular weight excluding hydrogens is 349 g/mol. The first-order chi connectivity index (χ1) is 11.9. The summed E-state index contributed by atoms with van der Waals surface area (Å²) in [6.45, 7) is 0. The van der Waals surface area contributed by atoms with Crippen LogP contribution in [0.3, 0.4) is 0 Å². The number of halogens is 1. The lowest BCUT2D eigenvalue weighted by Gasteiger charge is -2.11. The number of carbonyl (C=O) groups is 1. The summed E-state index contributed by atoms with van der Waals surface area (Å²) in [7, 11) is -1.71. The number of hydrogen-bond donors (Lipinski definition) is 0. The van der Waals surface area contributed by atoms with Gasteiger partial charge in [-0.3, -0.25) is 0 Å². The number of ether oxygens (including phenoxy) is 2. The molecule has 1 aromatic heterocycles. The summed E-state index contributed by atoms with van der Waals surface area (Å²) in [6, 6.07) is 9.68. The molecule has 0 spiro atoms. The molecule has 0 aliphatic heterocycles. The topological polar surface area (TPSA) is 74.6 Å². The van der Waals surface area contributed by atoms with E-state index in [-0.39, 0.29) is 21.7 Å². The van der Waals surface area contributed by atoms with Gasteiger partial charge in [-0.05, 0) is 24.3 Å². The van der Waals surface area contributed by atoms with E-state index in [1.165, 1.54) is 20.3 Å². The largest absolute Gasteiger partial charge is 0.495 e. The molecule has 0 fully saturated rings. The maximum absolute atomic E-state index is 13.6. The third-order valence-corrected chi connectivity index (χ3v) is 5.44. The molecule has 130 valence electrons. The molecule has 0 saturated carbocycles. The number of esters is 1. The lowest BCUT2D eigenvalue weighted by molar-refractivity contribution is 0.0603. The number of fused-ring (bicyclic) bond motifs is 1. The van der Waals surface area contributed by atoms with E-state index in [2.05, 4.69) is 0 Å². The van der Waals surface area contributed by atoms with Crippen LogP contribution in [0, 0.1) is 5.82 Å². The SMILES string of the molecule is COC(=O)c1cn(S(=O)(=O)c2cc(F)ccc2OC)c2ccccc12. The van der Waals surface area contributed by atoms with Crippen LogP contribution in [0.1, 0.15) is 10.4 Å². The zero-order valence-electron chi connectivity index (χ0n) is 13.4. The smallest absolute Gasteiger partial charge is 0.340 e. The predicted molar refractivity (Wildman–Crippen MR) is 88.8 cm³/mol. The molecule has 6 nitrogen and oxygen atoms in total. The molecule has 3 aromatic rings. The normalized spacial score (nSPS) is 11.5. The molecule has 0 radical (unpaired) electrons. The molecule has 0 atom stereocenters. The number of methoxy groups -OCH3 is 2. The lowest BCUT2D eigenvalue weighted by Crippen LogP contribution is -2.13. The molecule has 0 N–H and O–H groups in total. The Kier molecular flexibility index (Phi) is 4.22. The molecule has 0 unspecified atom stereocenters. The van der Waals surface area contributed by atoms with E-state index in [1.807, 2.05) is 0 Å². The summed E-state index contributed by atoms with van der Waals surface area (Å²) in [4.78, 5) is 11.6. The maximum atomic E-state index is 13.6. The number of benzene rings is 2. The molecule has 0 bridgehead atoms. The standard InChI is InChI=1S/C17H14FNO5S/c1-23-15-8-7-11(18)9-16(15)25(21,22)19-10-13(17(20)24-2)12-5-3-4-6-14(12)19/h3-10H,1-2H3. The second-order valence-electron chi connectivity index (χ2n) is 5.15. The minimum absolute atomic E-state index is 0.00111. The predicted octanol–water partition coefficient (Wildman–Crippen LogP) is 2.81. The number of para-hydroxylation sites is 1. The van der Waals surface area contributed by atoms with Crippen molar-refractivity contribution in [2.45, 2.75) is 4.90 Å². The Labute approximate surface area is 143 Å². The van der Waals surface area contributed by atoms with Gasteiger partial charge in [0.15, 0.2) is 0 Å². The molecule has 8 heteroatoms. The van der Waals surface area contributed by atoms with Gasteiger partial charge in [-0.2, -0.15) is 0 Å². The van der Waals surface area contributed by atoms with Gasteiger partial charge in [0, 0.05) is 11.6 Å². The molecule has 0 aliphatic rings. The Bertz CT molecular complexity index is 1070. The van der Waals surface area contributed by atoms with Crippen LogP contribution < -0.4 is 4.74 Å². The van der Waals surface area contributed by atoms with Gasteiger partial charge in [0.25, 0.3) is 10.0 Å². The van der Waals surface area contributed by atoms with Crippen molar-refractivity contribution in [3.8, 4) is 5.75 Å². The maximum Gasteiger partial charge on any atom is 0.340 e. The van der Waals surface area contributed by atoms with Crippen LogP contribution in [0.5, 0.6) is 5.75 Å². The highest BCUT2D eigenvalue weighted by Gasteiger charge is 2.27. The second-order valence-corrected chi connectivity index (χ2v) is 6.93. The average molecular weight is 363 g/mol. The summed E-state index contributed by atoms with van der Waals surface area (Å²) in [5, 5.41) is 0.410. The van der Waals surface area contributed by atoms with E-state index in [0.717, 1.165) is 22.3 Å². The molecule has 25 heavy (non-hydrogen) atoms. The highest BCUT2D eigenvalue weighted by atomic mass is 32.2. The molecule has 0 aliphatic carbocycles. The number of carbonyl (C=O) groups excluding carboxylic acids is 1. The van der Waals surface area contributed by atoms with Gasteiger partial charge in [-0.1, -0.05) is 18.2 Å². The number of hydrogen-bond acceptors (Lipinski definition) is 5. The summed E-state index contributed by atoms with van der Waals surface area (Å²) in [5.41, 5.74) is 0.367. The molecule has 1 heterocycles. The summed E-state index contributed by atoms with van der Waals surface area (Å²) < 4.78 is 50.4. The number of nitrogens with zero attached hydrogens (tertiary/aromatic N) is 1. The number of aromatic nitrogens is 1. The Morgan fingerprint density at radius 1 is 1.12 bits per heavy atom. The zero-order valence-corrected chi connectivity index (χ0v) is 14.2. The van der Waals surface area contributed by atoms with E-state index < -0.39 is 21.8 Å². The molecule has 0 saturated heterocycles. The van der Waals surface area contributed by atoms with Gasteiger partial charge in [0.05, 0.1) is 25.3 Å². The van der Waals surface area contributed by atoms with Crippen LogP contribution in [-0.4, -0.2) is 32.6 Å². The summed E-state index contributed by atoms with van der Waals surface area (Å²) in [5.74, 6) is -1.39. The van der Waals surface area contributed by atoms with Gasteiger partial charge in [0.2, 0.25) is 0 Å². The molecular formula is C17H14FNO5S. The fourth-order valence-electron chi connectivity index (χ4n) is 2.58. The van der Waals surface area contributed by atoms with Crippen molar-refractivity contribution in [3.05, 3.63) is 60.0 Å². The van der Waals surface area contributed by atoms with Gasteiger partial charge in [-0.15, -0.1) is 0 Å². The van der Waals surface area contributed by atoms with E-state index in [0.29, 0.717) is 5.39 Å². The fourth-order valence-corrected chi connectivity index (χ4v) is 4.12. The van der Waals surface area contributed by atoms with Crippen molar-refractivity contribution >= 4 is 26.9 Å². The van der Waals surface area contributed by atoms with Crippen molar-refractivity contribution in [1.82, 2.24) is 3.97 Å². The highest BCUT2D eigenvalue weighted by Crippen LogP contribution is 2.31. The van der Waals surface area contributed by atoms with Crippen LogP contribution in [0.4, 0.5) is 4.39 Å². The van der Waals surface area contributed by atoms with E-state index in [1.54, 1.807) is 24.3 Å². The van der Waals surface area contributed by atoms with Gasteiger partial charge in [-0.25, -0.2) is 21.6 Å². The van der Waals surface area contributed by atoms with Crippen molar-refractivity contribution in [2.24, 2.45) is 0 Å². The van der Waals surface area contributed by atoms with Crippen molar-refractivity contribution < 1.29 is 27.1 Å². The summed E-state index contributed by atoms with van der Waals surface area (Å²) >= 11 is 0. The van der Waals surface area contributed by atoms with E-state index in [9.17, 15) is 17.6 Å². The monoisotopic (exact) mass is 363 g/mol. The minimum Gasteiger partial charge on any atom is -0.495 e. The van der Waals surface area contributed by atoms with Crippen LogP contribution in [-0.2, 0) is 14.8 Å². The van der Waals surface area contributed by atoms with Gasteiger partial charge in [0.1, 0.15) is 16.5 Å². The molecule has 0 amide bonds. The fraction of sp³-hybridized carbons (Fsp3) is 0.118. The van der Waals surface area contributed by atoms with Crippen molar-refractivity contribution in [3.63, 3.8) is 0 Å².